The zero-order chi connectivity index (χ0) is 22.2. The Bertz CT molecular complexity index is 1020. The molecule has 0 spiro atoms. The van der Waals surface area contributed by atoms with E-state index in [9.17, 15) is 14.4 Å². The maximum absolute atomic E-state index is 14.2. The summed E-state index contributed by atoms with van der Waals surface area (Å²) in [4.78, 5) is 44.0. The highest BCUT2D eigenvalue weighted by molar-refractivity contribution is 6.23. The number of carbonyl (C=O) groups is 3. The number of carbonyl (C=O) groups excluding carboxylic acids is 3. The number of nitrogens with zero attached hydrogens (tertiary/aromatic N) is 2. The Kier molecular flexibility index (Phi) is 5.58. The molecule has 32 heavy (non-hydrogen) atoms. The molecular formula is C27H30N2O3. The van der Waals surface area contributed by atoms with Crippen LogP contribution in [0.4, 0.5) is 5.69 Å². The Morgan fingerprint density at radius 3 is 2.22 bits per heavy atom. The topological polar surface area (TPSA) is 57.7 Å². The number of amides is 3. The zero-order valence-electron chi connectivity index (χ0n) is 18.6. The van der Waals surface area contributed by atoms with Gasteiger partial charge in [-0.3, -0.25) is 19.3 Å². The van der Waals surface area contributed by atoms with Crippen molar-refractivity contribution in [3.63, 3.8) is 0 Å². The van der Waals surface area contributed by atoms with Gasteiger partial charge in [-0.1, -0.05) is 62.4 Å². The minimum Gasteiger partial charge on any atom is -0.308 e. The zero-order valence-corrected chi connectivity index (χ0v) is 18.6. The van der Waals surface area contributed by atoms with Gasteiger partial charge in [-0.25, -0.2) is 0 Å². The predicted molar refractivity (Wildman–Crippen MR) is 124 cm³/mol. The fourth-order valence-electron chi connectivity index (χ4n) is 5.73. The van der Waals surface area contributed by atoms with E-state index in [4.69, 9.17) is 0 Å². The average Bonchev–Trinajstić information content (AvgIpc) is 3.08. The van der Waals surface area contributed by atoms with Crippen molar-refractivity contribution in [1.82, 2.24) is 4.90 Å². The number of para-hydroxylation sites is 1. The number of hydrogen-bond acceptors (Lipinski definition) is 3. The maximum atomic E-state index is 14.2. The van der Waals surface area contributed by atoms with E-state index in [1.807, 2.05) is 23.1 Å². The monoisotopic (exact) mass is 430 g/mol. The highest BCUT2D eigenvalue weighted by Crippen LogP contribution is 2.36. The lowest BCUT2D eigenvalue weighted by molar-refractivity contribution is -0.123. The third-order valence-electron chi connectivity index (χ3n) is 7.46. The Balaban J connectivity index is 1.53. The van der Waals surface area contributed by atoms with Gasteiger partial charge >= 0.3 is 0 Å². The van der Waals surface area contributed by atoms with Gasteiger partial charge in [0.25, 0.3) is 17.7 Å². The summed E-state index contributed by atoms with van der Waals surface area (Å²) in [6.45, 7) is 2.06. The molecule has 0 radical (unpaired) electrons. The largest absolute Gasteiger partial charge is 0.308 e. The van der Waals surface area contributed by atoms with E-state index >= 15 is 0 Å². The summed E-state index contributed by atoms with van der Waals surface area (Å²) >= 11 is 0. The maximum Gasteiger partial charge on any atom is 0.262 e. The fourth-order valence-corrected chi connectivity index (χ4v) is 5.73. The van der Waals surface area contributed by atoms with Crippen molar-refractivity contribution in [2.75, 3.05) is 4.90 Å². The van der Waals surface area contributed by atoms with Crippen LogP contribution in [-0.2, 0) is 11.2 Å². The summed E-state index contributed by atoms with van der Waals surface area (Å²) in [5.74, 6) is -0.433. The van der Waals surface area contributed by atoms with Crippen LogP contribution < -0.4 is 4.90 Å². The molecule has 5 rings (SSSR count). The second kappa shape index (κ2) is 8.53. The number of rotatable bonds is 4. The Hall–Kier alpha value is -2.95. The second-order valence-corrected chi connectivity index (χ2v) is 9.51. The third-order valence-corrected chi connectivity index (χ3v) is 7.46. The molecule has 0 N–H and O–H groups in total. The van der Waals surface area contributed by atoms with Crippen molar-refractivity contribution < 1.29 is 14.4 Å². The third kappa shape index (κ3) is 3.54. The Morgan fingerprint density at radius 2 is 1.53 bits per heavy atom. The number of hydrogen-bond donors (Lipinski definition) is 0. The number of fused-ring (bicyclic) bond motifs is 2. The summed E-state index contributed by atoms with van der Waals surface area (Å²) in [6.07, 6.45) is 7.99. The van der Waals surface area contributed by atoms with Crippen LogP contribution in [0.2, 0.25) is 0 Å². The van der Waals surface area contributed by atoms with Crippen molar-refractivity contribution in [2.24, 2.45) is 5.92 Å². The Morgan fingerprint density at radius 1 is 0.906 bits per heavy atom. The minimum atomic E-state index is -0.765. The van der Waals surface area contributed by atoms with Crippen molar-refractivity contribution in [1.29, 1.82) is 0 Å². The van der Waals surface area contributed by atoms with Gasteiger partial charge < -0.3 is 4.90 Å². The van der Waals surface area contributed by atoms with E-state index in [2.05, 4.69) is 13.0 Å². The minimum absolute atomic E-state index is 0.0291. The van der Waals surface area contributed by atoms with E-state index in [0.29, 0.717) is 23.5 Å². The molecule has 2 atom stereocenters. The summed E-state index contributed by atoms with van der Waals surface area (Å²) in [6, 6.07) is 14.2. The van der Waals surface area contributed by atoms with Crippen LogP contribution in [0.1, 0.15) is 78.1 Å². The highest BCUT2D eigenvalue weighted by atomic mass is 16.2. The number of aryl methyl sites for hydroxylation is 1. The molecule has 166 valence electrons. The molecule has 1 aliphatic carbocycles. The fraction of sp³-hybridized carbons (Fsp3) is 0.444. The van der Waals surface area contributed by atoms with Crippen LogP contribution in [0.15, 0.2) is 48.5 Å². The van der Waals surface area contributed by atoms with Gasteiger partial charge in [0.2, 0.25) is 0 Å². The van der Waals surface area contributed by atoms with Crippen LogP contribution >= 0.6 is 0 Å². The lowest BCUT2D eigenvalue weighted by Gasteiger charge is -2.40. The Labute approximate surface area is 189 Å². The van der Waals surface area contributed by atoms with Crippen LogP contribution in [0, 0.1) is 5.92 Å². The van der Waals surface area contributed by atoms with Gasteiger partial charge in [-0.15, -0.1) is 0 Å². The molecule has 5 heteroatoms. The van der Waals surface area contributed by atoms with Gasteiger partial charge in [0, 0.05) is 11.7 Å². The first kappa shape index (κ1) is 20.9. The van der Waals surface area contributed by atoms with Crippen LogP contribution in [-0.4, -0.2) is 34.7 Å². The first-order valence-corrected chi connectivity index (χ1v) is 11.9. The molecule has 3 aliphatic rings. The van der Waals surface area contributed by atoms with E-state index in [1.165, 1.54) is 11.3 Å². The van der Waals surface area contributed by atoms with Crippen LogP contribution in [0.3, 0.4) is 0 Å². The summed E-state index contributed by atoms with van der Waals surface area (Å²) in [5, 5.41) is 0. The normalized spacial score (nSPS) is 22.0. The molecule has 0 unspecified atom stereocenters. The molecule has 2 aliphatic heterocycles. The standard InChI is InChI=1S/C27H30N2O3/c1-18-15-16-20-11-5-8-14-23(20)28(18)27(32)24(17-19-9-3-2-4-10-19)29-25(30)21-12-6-7-13-22(21)26(29)31/h5-8,11-14,18-19,24H,2-4,9-10,15-17H2,1H3/t18-,24-/m0/s1. The number of anilines is 1. The smallest absolute Gasteiger partial charge is 0.262 e. The van der Waals surface area contributed by atoms with E-state index in [0.717, 1.165) is 49.8 Å². The van der Waals surface area contributed by atoms with E-state index in [-0.39, 0.29) is 23.8 Å². The molecule has 1 fully saturated rings. The average molecular weight is 431 g/mol. The molecule has 5 nitrogen and oxygen atoms in total. The van der Waals surface area contributed by atoms with Crippen molar-refractivity contribution in [2.45, 2.75) is 70.4 Å². The van der Waals surface area contributed by atoms with Crippen LogP contribution in [0.5, 0.6) is 0 Å². The molecule has 0 aromatic heterocycles. The predicted octanol–water partition coefficient (Wildman–Crippen LogP) is 4.99. The summed E-state index contributed by atoms with van der Waals surface area (Å²) in [5.41, 5.74) is 2.89. The lowest BCUT2D eigenvalue weighted by Crippen LogP contribution is -2.55. The number of benzene rings is 2. The summed E-state index contributed by atoms with van der Waals surface area (Å²) in [7, 11) is 0. The van der Waals surface area contributed by atoms with Gasteiger partial charge in [0.15, 0.2) is 0 Å². The van der Waals surface area contributed by atoms with E-state index < -0.39 is 6.04 Å². The van der Waals surface area contributed by atoms with Gasteiger partial charge in [0.1, 0.15) is 6.04 Å². The molecule has 2 heterocycles. The molecule has 3 amide bonds. The van der Waals surface area contributed by atoms with Crippen molar-refractivity contribution in [3.05, 3.63) is 65.2 Å². The summed E-state index contributed by atoms with van der Waals surface area (Å²) < 4.78 is 0. The molecule has 2 aromatic rings. The molecule has 2 aromatic carbocycles. The van der Waals surface area contributed by atoms with Gasteiger partial charge in [0.05, 0.1) is 11.1 Å². The lowest BCUT2D eigenvalue weighted by atomic mass is 9.83. The SMILES string of the molecule is C[C@H]1CCc2ccccc2N1C(=O)[C@H](CC1CCCCC1)N1C(=O)c2ccccc2C1=O. The first-order valence-electron chi connectivity index (χ1n) is 11.9. The van der Waals surface area contributed by atoms with Crippen molar-refractivity contribution in [3.8, 4) is 0 Å². The second-order valence-electron chi connectivity index (χ2n) is 9.51. The first-order chi connectivity index (χ1) is 15.6. The van der Waals surface area contributed by atoms with E-state index in [1.54, 1.807) is 24.3 Å². The quantitative estimate of drug-likeness (QED) is 0.642. The van der Waals surface area contributed by atoms with Crippen molar-refractivity contribution >= 4 is 23.4 Å². The molecule has 0 bridgehead atoms. The molecule has 1 saturated carbocycles. The van der Waals surface area contributed by atoms with Gasteiger partial charge in [-0.2, -0.15) is 0 Å². The highest BCUT2D eigenvalue weighted by Gasteiger charge is 2.46. The van der Waals surface area contributed by atoms with Gasteiger partial charge in [-0.05, 0) is 55.9 Å². The molecular weight excluding hydrogens is 400 g/mol. The number of imide groups is 1. The van der Waals surface area contributed by atoms with Crippen LogP contribution in [0.25, 0.3) is 0 Å². The molecule has 0 saturated heterocycles.